The molecule has 1 atom stereocenters. The minimum Gasteiger partial charge on any atom is -0.493 e. The Bertz CT molecular complexity index is 537. The molecule has 22 heavy (non-hydrogen) atoms. The van der Waals surface area contributed by atoms with E-state index in [1.54, 1.807) is 14.2 Å². The number of rotatable bonds is 7. The second-order valence-electron chi connectivity index (χ2n) is 6.14. The van der Waals surface area contributed by atoms with Crippen molar-refractivity contribution in [3.8, 4) is 11.5 Å². The summed E-state index contributed by atoms with van der Waals surface area (Å²) in [6.07, 6.45) is 7.93. The van der Waals surface area contributed by atoms with E-state index in [-0.39, 0.29) is 0 Å². The Balaban J connectivity index is 1.73. The van der Waals surface area contributed by atoms with Crippen LogP contribution in [-0.4, -0.2) is 39.7 Å². The van der Waals surface area contributed by atoms with Gasteiger partial charge in [0.1, 0.15) is 0 Å². The van der Waals surface area contributed by atoms with Crippen LogP contribution in [0.25, 0.3) is 0 Å². The van der Waals surface area contributed by atoms with E-state index >= 15 is 0 Å². The second kappa shape index (κ2) is 7.14. The normalized spacial score (nSPS) is 20.4. The van der Waals surface area contributed by atoms with Crippen LogP contribution in [0.1, 0.15) is 36.8 Å². The predicted octanol–water partition coefficient (Wildman–Crippen LogP) is 3.25. The first kappa shape index (κ1) is 15.3. The van der Waals surface area contributed by atoms with Gasteiger partial charge >= 0.3 is 0 Å². The smallest absolute Gasteiger partial charge is 0.161 e. The molecule has 1 saturated carbocycles. The molecule has 0 N–H and O–H groups in total. The van der Waals surface area contributed by atoms with E-state index in [9.17, 15) is 0 Å². The Morgan fingerprint density at radius 2 is 2.00 bits per heavy atom. The van der Waals surface area contributed by atoms with Crippen LogP contribution in [0.4, 0.5) is 0 Å². The molecule has 4 heteroatoms. The van der Waals surface area contributed by atoms with Crippen molar-refractivity contribution in [1.29, 1.82) is 0 Å². The first-order chi connectivity index (χ1) is 10.8. The van der Waals surface area contributed by atoms with Crippen LogP contribution < -0.4 is 9.47 Å². The van der Waals surface area contributed by atoms with Gasteiger partial charge in [0.2, 0.25) is 0 Å². The highest BCUT2D eigenvalue weighted by Gasteiger charge is 2.29. The van der Waals surface area contributed by atoms with Crippen LogP contribution in [0, 0.1) is 5.92 Å². The third-order valence-electron chi connectivity index (χ3n) is 4.70. The largest absolute Gasteiger partial charge is 0.493 e. The molecule has 1 fully saturated rings. The summed E-state index contributed by atoms with van der Waals surface area (Å²) in [5.41, 5.74) is 2.49. The zero-order chi connectivity index (χ0) is 15.4. The summed E-state index contributed by atoms with van der Waals surface area (Å²) in [6, 6.07) is 4.63. The van der Waals surface area contributed by atoms with Gasteiger partial charge in [-0.25, -0.2) is 0 Å². The zero-order valence-corrected chi connectivity index (χ0v) is 13.5. The lowest BCUT2D eigenvalue weighted by molar-refractivity contribution is 0.170. The fraction of sp³-hybridized carbons (Fsp3) is 0.611. The lowest BCUT2D eigenvalue weighted by Gasteiger charge is -2.33. The van der Waals surface area contributed by atoms with E-state index < -0.39 is 0 Å². The highest BCUT2D eigenvalue weighted by atomic mass is 16.5. The van der Waals surface area contributed by atoms with Crippen LogP contribution >= 0.6 is 0 Å². The summed E-state index contributed by atoms with van der Waals surface area (Å²) < 4.78 is 16.4. The number of fused-ring (bicyclic) bond motifs is 1. The Morgan fingerprint density at radius 3 is 2.68 bits per heavy atom. The summed E-state index contributed by atoms with van der Waals surface area (Å²) in [5.74, 6) is 2.39. The third-order valence-corrected chi connectivity index (χ3v) is 4.70. The average molecular weight is 303 g/mol. The summed E-state index contributed by atoms with van der Waals surface area (Å²) in [4.78, 5) is 4.75. The molecule has 0 amide bonds. The van der Waals surface area contributed by atoms with Crippen molar-refractivity contribution in [3.05, 3.63) is 23.3 Å². The molecule has 120 valence electrons. The van der Waals surface area contributed by atoms with Gasteiger partial charge < -0.3 is 14.2 Å². The van der Waals surface area contributed by atoms with Crippen molar-refractivity contribution in [1.82, 2.24) is 0 Å². The van der Waals surface area contributed by atoms with E-state index in [4.69, 9.17) is 19.2 Å². The minimum atomic E-state index is 0.455. The van der Waals surface area contributed by atoms with Gasteiger partial charge in [-0.3, -0.25) is 4.99 Å². The summed E-state index contributed by atoms with van der Waals surface area (Å²) >= 11 is 0. The van der Waals surface area contributed by atoms with E-state index in [0.29, 0.717) is 19.3 Å². The summed E-state index contributed by atoms with van der Waals surface area (Å²) in [7, 11) is 3.39. The molecule has 0 aromatic heterocycles. The molecule has 1 aromatic carbocycles. The molecule has 1 aliphatic heterocycles. The highest BCUT2D eigenvalue weighted by Crippen LogP contribution is 2.37. The molecule has 1 heterocycles. The van der Waals surface area contributed by atoms with Crippen molar-refractivity contribution in [2.24, 2.45) is 10.9 Å². The molecule has 0 bridgehead atoms. The van der Waals surface area contributed by atoms with Gasteiger partial charge in [-0.05, 0) is 48.4 Å². The molecule has 0 saturated heterocycles. The van der Waals surface area contributed by atoms with Gasteiger partial charge in [-0.1, -0.05) is 6.42 Å². The van der Waals surface area contributed by atoms with Crippen LogP contribution in [0.5, 0.6) is 11.5 Å². The molecule has 3 rings (SSSR count). The number of hydrogen-bond acceptors (Lipinski definition) is 4. The fourth-order valence-electron chi connectivity index (χ4n) is 3.14. The molecule has 0 unspecified atom stereocenters. The molecule has 2 aliphatic rings. The first-order valence-electron chi connectivity index (χ1n) is 8.17. The van der Waals surface area contributed by atoms with Crippen molar-refractivity contribution in [2.75, 3.05) is 27.4 Å². The maximum absolute atomic E-state index is 5.88. The van der Waals surface area contributed by atoms with E-state index in [1.807, 2.05) is 12.3 Å². The molecule has 1 aromatic rings. The molecular weight excluding hydrogens is 278 g/mol. The maximum Gasteiger partial charge on any atom is 0.161 e. The number of nitrogens with zero attached hydrogens (tertiary/aromatic N) is 1. The maximum atomic E-state index is 5.88. The molecule has 0 radical (unpaired) electrons. The quantitative estimate of drug-likeness (QED) is 0.726. The van der Waals surface area contributed by atoms with Crippen molar-refractivity contribution >= 4 is 6.21 Å². The number of hydrogen-bond donors (Lipinski definition) is 0. The number of methoxy groups -OCH3 is 2. The molecular formula is C18H25NO3. The Labute approximate surface area is 132 Å². The minimum absolute atomic E-state index is 0.455. The van der Waals surface area contributed by atoms with Crippen LogP contribution in [0.15, 0.2) is 17.1 Å². The van der Waals surface area contributed by atoms with Gasteiger partial charge in [-0.2, -0.15) is 0 Å². The lowest BCUT2D eigenvalue weighted by atomic mass is 9.76. The lowest BCUT2D eigenvalue weighted by Crippen LogP contribution is -2.29. The van der Waals surface area contributed by atoms with Crippen molar-refractivity contribution in [3.63, 3.8) is 0 Å². The second-order valence-corrected chi connectivity index (χ2v) is 6.14. The van der Waals surface area contributed by atoms with E-state index in [2.05, 4.69) is 6.07 Å². The monoisotopic (exact) mass is 303 g/mol. The number of aliphatic imine (C=N–C) groups is 1. The summed E-state index contributed by atoms with van der Waals surface area (Å²) in [6.45, 7) is 1.35. The van der Waals surface area contributed by atoms with E-state index in [0.717, 1.165) is 35.8 Å². The van der Waals surface area contributed by atoms with Gasteiger partial charge in [0, 0.05) is 26.4 Å². The van der Waals surface area contributed by atoms with Crippen molar-refractivity contribution < 1.29 is 14.2 Å². The van der Waals surface area contributed by atoms with Gasteiger partial charge in [0.05, 0.1) is 19.8 Å². The predicted molar refractivity (Wildman–Crippen MR) is 87.4 cm³/mol. The third kappa shape index (κ3) is 3.27. The Hall–Kier alpha value is -1.55. The first-order valence-corrected chi connectivity index (χ1v) is 8.17. The zero-order valence-electron chi connectivity index (χ0n) is 13.5. The fourth-order valence-corrected chi connectivity index (χ4v) is 3.14. The number of ether oxygens (including phenoxy) is 3. The van der Waals surface area contributed by atoms with Crippen molar-refractivity contribution in [2.45, 2.75) is 38.1 Å². The van der Waals surface area contributed by atoms with Gasteiger partial charge in [-0.15, -0.1) is 0 Å². The topological polar surface area (TPSA) is 40.0 Å². The van der Waals surface area contributed by atoms with E-state index in [1.165, 1.54) is 24.8 Å². The molecule has 4 nitrogen and oxygen atoms in total. The van der Waals surface area contributed by atoms with Crippen LogP contribution in [0.3, 0.4) is 0 Å². The molecule has 0 spiro atoms. The standard InChI is InChI=1S/C18H25NO3/c1-20-7-4-8-22-18-10-14-9-16(13-5-3-6-13)19-12-15(14)11-17(18)21-2/h10-13,16H,3-9H2,1-2H3/t16-/m1/s1. The van der Waals surface area contributed by atoms with Gasteiger partial charge in [0.25, 0.3) is 0 Å². The Kier molecular flexibility index (Phi) is 4.98. The highest BCUT2D eigenvalue weighted by molar-refractivity contribution is 5.84. The Morgan fingerprint density at radius 1 is 1.14 bits per heavy atom. The number of benzene rings is 1. The van der Waals surface area contributed by atoms with Crippen LogP contribution in [-0.2, 0) is 11.2 Å². The molecule has 1 aliphatic carbocycles. The average Bonchev–Trinajstić information content (AvgIpc) is 2.49. The summed E-state index contributed by atoms with van der Waals surface area (Å²) in [5, 5.41) is 0. The van der Waals surface area contributed by atoms with Gasteiger partial charge in [0.15, 0.2) is 11.5 Å². The SMILES string of the molecule is COCCCOc1cc2c(cc1OC)C=N[C@@H](C1CCC1)C2. The van der Waals surface area contributed by atoms with Crippen LogP contribution in [0.2, 0.25) is 0 Å².